The first-order chi connectivity index (χ1) is 14.4. The summed E-state index contributed by atoms with van der Waals surface area (Å²) in [5.41, 5.74) is -0.363. The van der Waals surface area contributed by atoms with Crippen molar-refractivity contribution in [2.24, 2.45) is 0 Å². The molecular formula is C19H13N3O8. The number of carbonyl (C=O) groups is 3. The van der Waals surface area contributed by atoms with Gasteiger partial charge >= 0.3 is 6.03 Å². The molecule has 30 heavy (non-hydrogen) atoms. The second-order valence-corrected chi connectivity index (χ2v) is 6.18. The third kappa shape index (κ3) is 3.17. The van der Waals surface area contributed by atoms with Crippen LogP contribution in [0, 0.1) is 10.1 Å². The number of anilines is 1. The lowest BCUT2D eigenvalue weighted by Crippen LogP contribution is -2.54. The highest BCUT2D eigenvalue weighted by atomic mass is 16.7. The molecule has 11 heteroatoms. The smallest absolute Gasteiger partial charge is 0.335 e. The molecule has 2 aliphatic heterocycles. The van der Waals surface area contributed by atoms with Crippen molar-refractivity contribution in [3.05, 3.63) is 57.6 Å². The van der Waals surface area contributed by atoms with Gasteiger partial charge in [-0.25, -0.2) is 9.69 Å². The van der Waals surface area contributed by atoms with E-state index in [1.54, 1.807) is 0 Å². The molecule has 4 amide bonds. The van der Waals surface area contributed by atoms with E-state index in [4.69, 9.17) is 14.2 Å². The minimum absolute atomic E-state index is 0.00908. The van der Waals surface area contributed by atoms with Gasteiger partial charge in [-0.3, -0.25) is 25.0 Å². The number of hydrogen-bond donors (Lipinski definition) is 1. The van der Waals surface area contributed by atoms with Gasteiger partial charge in [0, 0.05) is 23.8 Å². The van der Waals surface area contributed by atoms with Crippen molar-refractivity contribution in [1.82, 2.24) is 5.32 Å². The first kappa shape index (κ1) is 18.9. The van der Waals surface area contributed by atoms with E-state index in [2.05, 4.69) is 5.32 Å². The van der Waals surface area contributed by atoms with Crippen molar-refractivity contribution >= 4 is 35.3 Å². The summed E-state index contributed by atoms with van der Waals surface area (Å²) in [6.45, 7) is 0.00908. The number of carbonyl (C=O) groups excluding carboxylic acids is 3. The summed E-state index contributed by atoms with van der Waals surface area (Å²) in [7, 11) is 1.34. The van der Waals surface area contributed by atoms with Gasteiger partial charge in [-0.2, -0.15) is 0 Å². The molecule has 0 aromatic heterocycles. The number of hydrogen-bond acceptors (Lipinski definition) is 8. The molecule has 0 unspecified atom stereocenters. The normalized spacial score (nSPS) is 16.6. The molecule has 152 valence electrons. The summed E-state index contributed by atoms with van der Waals surface area (Å²) in [4.78, 5) is 48.9. The first-order valence-electron chi connectivity index (χ1n) is 8.52. The standard InChI is InChI=1S/C19H13N3O8/c1-28-14-4-3-12(22(26)27)6-10(14)7-13-17(23)20-19(25)21(18(13)24)11-2-5-15-16(8-11)30-9-29-15/h2-8H,9H2,1H3,(H,20,23,25)/b13-7+. The molecule has 1 saturated heterocycles. The first-order valence-corrected chi connectivity index (χ1v) is 8.52. The van der Waals surface area contributed by atoms with Crippen molar-refractivity contribution in [3.63, 3.8) is 0 Å². The fraction of sp³-hybridized carbons (Fsp3) is 0.105. The van der Waals surface area contributed by atoms with E-state index in [0.29, 0.717) is 11.5 Å². The molecule has 2 aromatic carbocycles. The Morgan fingerprint density at radius 3 is 2.63 bits per heavy atom. The van der Waals surface area contributed by atoms with Crippen molar-refractivity contribution < 1.29 is 33.5 Å². The fourth-order valence-electron chi connectivity index (χ4n) is 3.02. The van der Waals surface area contributed by atoms with Crippen LogP contribution in [0.15, 0.2) is 42.0 Å². The van der Waals surface area contributed by atoms with Crippen LogP contribution in [0.25, 0.3) is 6.08 Å². The third-order valence-corrected chi connectivity index (χ3v) is 4.44. The van der Waals surface area contributed by atoms with Gasteiger partial charge in [-0.05, 0) is 24.3 Å². The number of barbiturate groups is 1. The zero-order valence-electron chi connectivity index (χ0n) is 15.4. The quantitative estimate of drug-likeness (QED) is 0.349. The Morgan fingerprint density at radius 2 is 1.90 bits per heavy atom. The van der Waals surface area contributed by atoms with Gasteiger partial charge in [-0.15, -0.1) is 0 Å². The number of rotatable bonds is 4. The van der Waals surface area contributed by atoms with Crippen LogP contribution in [0.5, 0.6) is 17.2 Å². The van der Waals surface area contributed by atoms with E-state index in [0.717, 1.165) is 17.0 Å². The van der Waals surface area contributed by atoms with E-state index < -0.39 is 28.3 Å². The Hall–Kier alpha value is -4.41. The molecule has 2 aromatic rings. The van der Waals surface area contributed by atoms with Crippen LogP contribution in [0.3, 0.4) is 0 Å². The minimum Gasteiger partial charge on any atom is -0.496 e. The molecule has 4 rings (SSSR count). The zero-order valence-corrected chi connectivity index (χ0v) is 15.4. The minimum atomic E-state index is -0.938. The molecule has 0 bridgehead atoms. The molecule has 1 N–H and O–H groups in total. The van der Waals surface area contributed by atoms with E-state index in [1.807, 2.05) is 0 Å². The van der Waals surface area contributed by atoms with E-state index in [9.17, 15) is 24.5 Å². The Bertz CT molecular complexity index is 1140. The highest BCUT2D eigenvalue weighted by molar-refractivity contribution is 6.39. The maximum absolute atomic E-state index is 13.0. The molecule has 0 spiro atoms. The number of nitro benzene ring substituents is 1. The van der Waals surface area contributed by atoms with Crippen molar-refractivity contribution in [2.45, 2.75) is 0 Å². The van der Waals surface area contributed by atoms with Crippen LogP contribution in [0.2, 0.25) is 0 Å². The largest absolute Gasteiger partial charge is 0.496 e. The molecule has 2 heterocycles. The van der Waals surface area contributed by atoms with Gasteiger partial charge in [0.25, 0.3) is 17.5 Å². The number of nitrogens with one attached hydrogen (secondary N) is 1. The fourth-order valence-corrected chi connectivity index (χ4v) is 3.02. The number of imide groups is 2. The zero-order chi connectivity index (χ0) is 21.4. The number of nitrogens with zero attached hydrogens (tertiary/aromatic N) is 2. The van der Waals surface area contributed by atoms with Gasteiger partial charge < -0.3 is 14.2 Å². The lowest BCUT2D eigenvalue weighted by atomic mass is 10.1. The van der Waals surface area contributed by atoms with Crippen LogP contribution in [0.1, 0.15) is 5.56 Å². The van der Waals surface area contributed by atoms with Gasteiger partial charge in [0.05, 0.1) is 17.7 Å². The summed E-state index contributed by atoms with van der Waals surface area (Å²) >= 11 is 0. The number of urea groups is 1. The predicted molar refractivity (Wildman–Crippen MR) is 101 cm³/mol. The number of methoxy groups -OCH3 is 1. The summed E-state index contributed by atoms with van der Waals surface area (Å²) in [6, 6.07) is 7.22. The Morgan fingerprint density at radius 1 is 1.13 bits per heavy atom. The van der Waals surface area contributed by atoms with Crippen LogP contribution >= 0.6 is 0 Å². The molecule has 0 saturated carbocycles. The summed E-state index contributed by atoms with van der Waals surface area (Å²) in [6.07, 6.45) is 1.13. The summed E-state index contributed by atoms with van der Waals surface area (Å²) in [5, 5.41) is 13.2. The van der Waals surface area contributed by atoms with E-state index >= 15 is 0 Å². The van der Waals surface area contributed by atoms with E-state index in [1.165, 1.54) is 37.4 Å². The third-order valence-electron chi connectivity index (χ3n) is 4.44. The number of benzene rings is 2. The number of ether oxygens (including phenoxy) is 3. The van der Waals surface area contributed by atoms with Crippen LogP contribution in [-0.2, 0) is 9.59 Å². The average molecular weight is 411 g/mol. The predicted octanol–water partition coefficient (Wildman–Crippen LogP) is 2.00. The molecular weight excluding hydrogens is 398 g/mol. The van der Waals surface area contributed by atoms with E-state index in [-0.39, 0.29) is 29.5 Å². The number of fused-ring (bicyclic) bond motifs is 1. The lowest BCUT2D eigenvalue weighted by molar-refractivity contribution is -0.384. The number of non-ortho nitro benzene ring substituents is 1. The molecule has 2 aliphatic rings. The van der Waals surface area contributed by atoms with Crippen molar-refractivity contribution in [1.29, 1.82) is 0 Å². The lowest BCUT2D eigenvalue weighted by Gasteiger charge is -2.26. The van der Waals surface area contributed by atoms with Crippen LogP contribution in [0.4, 0.5) is 16.2 Å². The Labute approximate surface area is 168 Å². The van der Waals surface area contributed by atoms with Gasteiger partial charge in [0.1, 0.15) is 11.3 Å². The molecule has 1 fully saturated rings. The highest BCUT2D eigenvalue weighted by Gasteiger charge is 2.37. The number of nitro groups is 1. The van der Waals surface area contributed by atoms with Gasteiger partial charge in [-0.1, -0.05) is 0 Å². The summed E-state index contributed by atoms with van der Waals surface area (Å²) in [5.74, 6) is -0.834. The molecule has 0 atom stereocenters. The van der Waals surface area contributed by atoms with Crippen molar-refractivity contribution in [3.8, 4) is 17.2 Å². The molecule has 11 nitrogen and oxygen atoms in total. The average Bonchev–Trinajstić information content (AvgIpc) is 3.18. The van der Waals surface area contributed by atoms with Gasteiger partial charge in [0.2, 0.25) is 6.79 Å². The van der Waals surface area contributed by atoms with Crippen LogP contribution in [-0.4, -0.2) is 36.7 Å². The summed E-state index contributed by atoms with van der Waals surface area (Å²) < 4.78 is 15.6. The highest BCUT2D eigenvalue weighted by Crippen LogP contribution is 2.36. The number of amides is 4. The Balaban J connectivity index is 1.76. The topological polar surface area (TPSA) is 137 Å². The molecule has 0 radical (unpaired) electrons. The van der Waals surface area contributed by atoms with Gasteiger partial charge in [0.15, 0.2) is 11.5 Å². The maximum Gasteiger partial charge on any atom is 0.335 e. The SMILES string of the molecule is COc1ccc([N+](=O)[O-])cc1/C=C1\C(=O)NC(=O)N(c2ccc3c(c2)OCO3)C1=O. The second-order valence-electron chi connectivity index (χ2n) is 6.18. The maximum atomic E-state index is 13.0. The second kappa shape index (κ2) is 7.20. The van der Waals surface area contributed by atoms with Crippen LogP contribution < -0.4 is 24.4 Å². The Kier molecular flexibility index (Phi) is 4.54. The monoisotopic (exact) mass is 411 g/mol. The van der Waals surface area contributed by atoms with Crippen molar-refractivity contribution in [2.75, 3.05) is 18.8 Å². The molecule has 0 aliphatic carbocycles.